The number of rotatable bonds is 6. The van der Waals surface area contributed by atoms with Gasteiger partial charge in [0.2, 0.25) is 5.91 Å². The summed E-state index contributed by atoms with van der Waals surface area (Å²) < 4.78 is 19.0. The zero-order valence-electron chi connectivity index (χ0n) is 18.1. The third-order valence-electron chi connectivity index (χ3n) is 6.06. The number of carbonyl (C=O) groups is 1. The van der Waals surface area contributed by atoms with Crippen LogP contribution in [0.2, 0.25) is 0 Å². The maximum absolute atomic E-state index is 13.6. The molecule has 7 heteroatoms. The number of benzene rings is 3. The summed E-state index contributed by atoms with van der Waals surface area (Å²) in [4.78, 5) is 12.3. The van der Waals surface area contributed by atoms with E-state index in [1.54, 1.807) is 12.1 Å². The molecule has 1 amide bonds. The lowest BCUT2D eigenvalue weighted by molar-refractivity contribution is 0.0904. The van der Waals surface area contributed by atoms with E-state index in [2.05, 4.69) is 15.5 Å². The summed E-state index contributed by atoms with van der Waals surface area (Å²) in [5, 5.41) is 11.9. The van der Waals surface area contributed by atoms with Crippen molar-refractivity contribution in [1.29, 1.82) is 0 Å². The average Bonchev–Trinajstić information content (AvgIpc) is 3.23. The Balaban J connectivity index is 1.49. The predicted octanol–water partition coefficient (Wildman–Crippen LogP) is 4.65. The second kappa shape index (κ2) is 9.03. The standard InChI is InChI=1S/C26H25FN4O2/c27-18-3-1-2-16(13-18)12-17-4-7-24-23(14-17)25(31-30-24)21-6-5-20(15-22(21)26(28)32)29-19-8-10-33-11-9-19/h1-7,13-15,19,29H,8-12H2,(H2,28,32)(H,30,31). The molecule has 0 atom stereocenters. The number of fused-ring (bicyclic) bond motifs is 1. The summed E-state index contributed by atoms with van der Waals surface area (Å²) in [7, 11) is 0. The van der Waals surface area contributed by atoms with Crippen LogP contribution in [-0.4, -0.2) is 35.4 Å². The first-order valence-corrected chi connectivity index (χ1v) is 11.1. The smallest absolute Gasteiger partial charge is 0.249 e. The van der Waals surface area contributed by atoms with Crippen molar-refractivity contribution in [3.63, 3.8) is 0 Å². The molecule has 0 unspecified atom stereocenters. The monoisotopic (exact) mass is 444 g/mol. The number of amides is 1. The highest BCUT2D eigenvalue weighted by molar-refractivity contribution is 6.04. The molecule has 5 rings (SSSR count). The minimum atomic E-state index is -0.507. The number of primary amides is 1. The summed E-state index contributed by atoms with van der Waals surface area (Å²) in [5.41, 5.74) is 11.1. The molecule has 0 aliphatic carbocycles. The molecule has 0 radical (unpaired) electrons. The minimum Gasteiger partial charge on any atom is -0.382 e. The molecule has 33 heavy (non-hydrogen) atoms. The molecule has 1 saturated heterocycles. The topological polar surface area (TPSA) is 93.0 Å². The van der Waals surface area contributed by atoms with Crippen LogP contribution in [0.4, 0.5) is 10.1 Å². The molecule has 4 aromatic rings. The first-order chi connectivity index (χ1) is 16.1. The molecule has 4 N–H and O–H groups in total. The molecule has 1 aliphatic rings. The number of halogens is 1. The average molecular weight is 445 g/mol. The second-order valence-corrected chi connectivity index (χ2v) is 8.41. The third kappa shape index (κ3) is 4.59. The fraction of sp³-hybridized carbons (Fsp3) is 0.231. The van der Waals surface area contributed by atoms with Gasteiger partial charge in [-0.05, 0) is 72.9 Å². The SMILES string of the molecule is NC(=O)c1cc(NC2CCOCC2)ccc1-c1n[nH]c2ccc(Cc3cccc(F)c3)cc12. The molecular formula is C26H25FN4O2. The molecule has 168 valence electrons. The summed E-state index contributed by atoms with van der Waals surface area (Å²) in [6.07, 6.45) is 2.44. The van der Waals surface area contributed by atoms with Crippen molar-refractivity contribution in [2.75, 3.05) is 18.5 Å². The van der Waals surface area contributed by atoms with Crippen molar-refractivity contribution in [3.8, 4) is 11.3 Å². The van der Waals surface area contributed by atoms with Crippen molar-refractivity contribution in [3.05, 3.63) is 83.2 Å². The van der Waals surface area contributed by atoms with Gasteiger partial charge < -0.3 is 15.8 Å². The van der Waals surface area contributed by atoms with Gasteiger partial charge in [0, 0.05) is 35.9 Å². The fourth-order valence-electron chi connectivity index (χ4n) is 4.38. The highest BCUT2D eigenvalue weighted by atomic mass is 19.1. The Morgan fingerprint density at radius 1 is 1.09 bits per heavy atom. The van der Waals surface area contributed by atoms with E-state index in [4.69, 9.17) is 10.5 Å². The van der Waals surface area contributed by atoms with Crippen LogP contribution in [0.3, 0.4) is 0 Å². The van der Waals surface area contributed by atoms with Crippen molar-refractivity contribution < 1.29 is 13.9 Å². The number of H-pyrrole nitrogens is 1. The van der Waals surface area contributed by atoms with Gasteiger partial charge in [0.1, 0.15) is 11.5 Å². The van der Waals surface area contributed by atoms with Gasteiger partial charge in [0.15, 0.2) is 0 Å². The lowest BCUT2D eigenvalue weighted by atomic mass is 9.97. The van der Waals surface area contributed by atoms with Crippen molar-refractivity contribution in [2.45, 2.75) is 25.3 Å². The van der Waals surface area contributed by atoms with Crippen molar-refractivity contribution in [1.82, 2.24) is 10.2 Å². The van der Waals surface area contributed by atoms with E-state index in [9.17, 15) is 9.18 Å². The molecule has 2 heterocycles. The Labute approximate surface area is 191 Å². The summed E-state index contributed by atoms with van der Waals surface area (Å²) >= 11 is 0. The van der Waals surface area contributed by atoms with Gasteiger partial charge in [-0.25, -0.2) is 4.39 Å². The van der Waals surface area contributed by atoms with Crippen LogP contribution in [0.15, 0.2) is 60.7 Å². The van der Waals surface area contributed by atoms with Crippen LogP contribution in [-0.2, 0) is 11.2 Å². The van der Waals surface area contributed by atoms with Crippen LogP contribution in [0.5, 0.6) is 0 Å². The molecule has 1 aromatic heterocycles. The number of carbonyl (C=O) groups excluding carboxylic acids is 1. The van der Waals surface area contributed by atoms with Crippen molar-refractivity contribution >= 4 is 22.5 Å². The first-order valence-electron chi connectivity index (χ1n) is 11.1. The van der Waals surface area contributed by atoms with Gasteiger partial charge in [0.25, 0.3) is 0 Å². The summed E-state index contributed by atoms with van der Waals surface area (Å²) in [6, 6.07) is 18.5. The highest BCUT2D eigenvalue weighted by Crippen LogP contribution is 2.32. The Bertz CT molecular complexity index is 1310. The number of aromatic nitrogens is 2. The van der Waals surface area contributed by atoms with Crippen LogP contribution < -0.4 is 11.1 Å². The lowest BCUT2D eigenvalue weighted by Crippen LogP contribution is -2.28. The van der Waals surface area contributed by atoms with Crippen molar-refractivity contribution in [2.24, 2.45) is 5.73 Å². The van der Waals surface area contributed by atoms with Gasteiger partial charge in [-0.3, -0.25) is 9.89 Å². The fourth-order valence-corrected chi connectivity index (χ4v) is 4.38. The quantitative estimate of drug-likeness (QED) is 0.404. The maximum Gasteiger partial charge on any atom is 0.249 e. The van der Waals surface area contributed by atoms with E-state index in [0.717, 1.165) is 53.8 Å². The van der Waals surface area contributed by atoms with E-state index in [1.807, 2.05) is 36.4 Å². The van der Waals surface area contributed by atoms with E-state index in [1.165, 1.54) is 12.1 Å². The van der Waals surface area contributed by atoms with Gasteiger partial charge in [-0.2, -0.15) is 5.10 Å². The van der Waals surface area contributed by atoms with Crippen LogP contribution in [0.1, 0.15) is 34.3 Å². The first kappa shape index (κ1) is 21.2. The zero-order chi connectivity index (χ0) is 22.8. The van der Waals surface area contributed by atoms with Crippen LogP contribution in [0.25, 0.3) is 22.2 Å². The normalized spacial score (nSPS) is 14.5. The Morgan fingerprint density at radius 3 is 2.70 bits per heavy atom. The number of nitrogens with zero attached hydrogens (tertiary/aromatic N) is 1. The van der Waals surface area contributed by atoms with E-state index in [0.29, 0.717) is 29.3 Å². The Hall–Kier alpha value is -3.71. The molecular weight excluding hydrogens is 419 g/mol. The molecule has 3 aromatic carbocycles. The Kier molecular flexibility index (Phi) is 5.79. The Morgan fingerprint density at radius 2 is 1.91 bits per heavy atom. The maximum atomic E-state index is 13.6. The third-order valence-corrected chi connectivity index (χ3v) is 6.06. The molecule has 0 bridgehead atoms. The lowest BCUT2D eigenvalue weighted by Gasteiger charge is -2.24. The second-order valence-electron chi connectivity index (χ2n) is 8.41. The van der Waals surface area contributed by atoms with Gasteiger partial charge in [0.05, 0.1) is 11.1 Å². The number of anilines is 1. The number of hydrogen-bond donors (Lipinski definition) is 3. The summed E-state index contributed by atoms with van der Waals surface area (Å²) in [5.74, 6) is -0.758. The molecule has 6 nitrogen and oxygen atoms in total. The van der Waals surface area contributed by atoms with Gasteiger partial charge in [-0.15, -0.1) is 0 Å². The van der Waals surface area contributed by atoms with Crippen LogP contribution >= 0.6 is 0 Å². The minimum absolute atomic E-state index is 0.252. The number of hydrogen-bond acceptors (Lipinski definition) is 4. The van der Waals surface area contributed by atoms with E-state index < -0.39 is 5.91 Å². The number of nitrogens with one attached hydrogen (secondary N) is 2. The van der Waals surface area contributed by atoms with E-state index >= 15 is 0 Å². The van der Waals surface area contributed by atoms with Gasteiger partial charge >= 0.3 is 0 Å². The largest absolute Gasteiger partial charge is 0.382 e. The molecule has 1 fully saturated rings. The van der Waals surface area contributed by atoms with Gasteiger partial charge in [-0.1, -0.05) is 18.2 Å². The molecule has 0 saturated carbocycles. The van der Waals surface area contributed by atoms with E-state index in [-0.39, 0.29) is 5.82 Å². The highest BCUT2D eigenvalue weighted by Gasteiger charge is 2.19. The molecule has 1 aliphatic heterocycles. The summed E-state index contributed by atoms with van der Waals surface area (Å²) in [6.45, 7) is 1.46. The molecule has 0 spiro atoms. The zero-order valence-corrected chi connectivity index (χ0v) is 18.1. The number of ether oxygens (including phenoxy) is 1. The predicted molar refractivity (Wildman–Crippen MR) is 127 cm³/mol. The number of aromatic amines is 1. The van der Waals surface area contributed by atoms with Crippen LogP contribution in [0, 0.1) is 5.82 Å². The number of nitrogens with two attached hydrogens (primary N) is 1.